The van der Waals surface area contributed by atoms with Crippen molar-refractivity contribution in [2.45, 2.75) is 64.4 Å². The molecule has 23 heavy (non-hydrogen) atoms. The van der Waals surface area contributed by atoms with Crippen LogP contribution in [0.1, 0.15) is 39.8 Å². The number of carbonyl (C=O) groups excluding carboxylic acids is 1. The van der Waals surface area contributed by atoms with Gasteiger partial charge in [0.05, 0.1) is 18.2 Å². The molecule has 1 aliphatic rings. The maximum atomic E-state index is 12.0. The third kappa shape index (κ3) is 4.97. The van der Waals surface area contributed by atoms with Crippen molar-refractivity contribution >= 4 is 6.09 Å². The SMILES string of the molecule is CCOC1CC(NC(=O)OC(C)(C)C)C1NCc1cccn1C. The fourth-order valence-electron chi connectivity index (χ4n) is 2.78. The van der Waals surface area contributed by atoms with E-state index in [-0.39, 0.29) is 24.3 Å². The van der Waals surface area contributed by atoms with E-state index >= 15 is 0 Å². The molecule has 6 nitrogen and oxygen atoms in total. The number of nitrogens with zero attached hydrogens (tertiary/aromatic N) is 1. The maximum absolute atomic E-state index is 12.0. The summed E-state index contributed by atoms with van der Waals surface area (Å²) in [7, 11) is 2.02. The first-order valence-electron chi connectivity index (χ1n) is 8.25. The molecule has 1 aromatic heterocycles. The lowest BCUT2D eigenvalue weighted by atomic mass is 9.82. The van der Waals surface area contributed by atoms with Crippen LogP contribution in [0.5, 0.6) is 0 Å². The molecule has 1 heterocycles. The van der Waals surface area contributed by atoms with Crippen molar-refractivity contribution < 1.29 is 14.3 Å². The van der Waals surface area contributed by atoms with Crippen LogP contribution in [-0.2, 0) is 23.1 Å². The van der Waals surface area contributed by atoms with Crippen molar-refractivity contribution in [1.29, 1.82) is 0 Å². The number of amides is 1. The topological polar surface area (TPSA) is 64.5 Å². The Morgan fingerprint density at radius 1 is 1.43 bits per heavy atom. The zero-order valence-electron chi connectivity index (χ0n) is 14.8. The summed E-state index contributed by atoms with van der Waals surface area (Å²) < 4.78 is 13.2. The lowest BCUT2D eigenvalue weighted by molar-refractivity contribution is -0.0439. The molecule has 2 rings (SSSR count). The molecular weight excluding hydrogens is 294 g/mol. The molecule has 0 radical (unpaired) electrons. The Hall–Kier alpha value is -1.53. The predicted molar refractivity (Wildman–Crippen MR) is 89.2 cm³/mol. The van der Waals surface area contributed by atoms with Crippen molar-refractivity contribution in [1.82, 2.24) is 15.2 Å². The highest BCUT2D eigenvalue weighted by molar-refractivity contribution is 5.68. The number of hydrogen-bond acceptors (Lipinski definition) is 4. The first-order chi connectivity index (χ1) is 10.8. The van der Waals surface area contributed by atoms with Gasteiger partial charge in [0.1, 0.15) is 5.60 Å². The highest BCUT2D eigenvalue weighted by atomic mass is 16.6. The smallest absolute Gasteiger partial charge is 0.407 e. The Morgan fingerprint density at radius 3 is 2.74 bits per heavy atom. The van der Waals surface area contributed by atoms with Gasteiger partial charge < -0.3 is 24.7 Å². The third-order valence-electron chi connectivity index (χ3n) is 3.97. The van der Waals surface area contributed by atoms with Crippen molar-refractivity contribution in [2.75, 3.05) is 6.61 Å². The van der Waals surface area contributed by atoms with Gasteiger partial charge in [-0.05, 0) is 46.2 Å². The summed E-state index contributed by atoms with van der Waals surface area (Å²) in [4.78, 5) is 12.0. The van der Waals surface area contributed by atoms with E-state index in [2.05, 4.69) is 21.3 Å². The van der Waals surface area contributed by atoms with E-state index in [1.807, 2.05) is 47.0 Å². The molecule has 0 bridgehead atoms. The number of ether oxygens (including phenoxy) is 2. The van der Waals surface area contributed by atoms with Crippen LogP contribution >= 0.6 is 0 Å². The van der Waals surface area contributed by atoms with Crippen molar-refractivity contribution in [3.8, 4) is 0 Å². The largest absolute Gasteiger partial charge is 0.444 e. The minimum atomic E-state index is -0.487. The highest BCUT2D eigenvalue weighted by Gasteiger charge is 2.42. The molecular formula is C17H29N3O3. The van der Waals surface area contributed by atoms with Gasteiger partial charge in [0.25, 0.3) is 0 Å². The first-order valence-corrected chi connectivity index (χ1v) is 8.25. The quantitative estimate of drug-likeness (QED) is 0.842. The average Bonchev–Trinajstić information content (AvgIpc) is 2.81. The van der Waals surface area contributed by atoms with Gasteiger partial charge in [-0.3, -0.25) is 0 Å². The molecule has 1 fully saturated rings. The second-order valence-electron chi connectivity index (χ2n) is 7.00. The van der Waals surface area contributed by atoms with E-state index in [1.54, 1.807) is 0 Å². The van der Waals surface area contributed by atoms with Crippen LogP contribution in [0.25, 0.3) is 0 Å². The van der Waals surface area contributed by atoms with Crippen LogP contribution in [0.15, 0.2) is 18.3 Å². The Kier molecular flexibility index (Phi) is 5.70. The van der Waals surface area contributed by atoms with Gasteiger partial charge in [0.15, 0.2) is 0 Å². The minimum absolute atomic E-state index is 0.0293. The van der Waals surface area contributed by atoms with Crippen molar-refractivity contribution in [3.05, 3.63) is 24.0 Å². The molecule has 1 amide bonds. The Morgan fingerprint density at radius 2 is 2.17 bits per heavy atom. The van der Waals surface area contributed by atoms with E-state index in [1.165, 1.54) is 5.69 Å². The van der Waals surface area contributed by atoms with Crippen LogP contribution in [0.2, 0.25) is 0 Å². The lowest BCUT2D eigenvalue weighted by Crippen LogP contribution is -2.66. The van der Waals surface area contributed by atoms with Crippen molar-refractivity contribution in [3.63, 3.8) is 0 Å². The first kappa shape index (κ1) is 17.8. The molecule has 1 aliphatic carbocycles. The van der Waals surface area contributed by atoms with Gasteiger partial charge >= 0.3 is 6.09 Å². The zero-order valence-corrected chi connectivity index (χ0v) is 14.8. The number of hydrogen-bond donors (Lipinski definition) is 2. The summed E-state index contributed by atoms with van der Waals surface area (Å²) in [6.45, 7) is 8.99. The number of alkyl carbamates (subject to hydrolysis) is 1. The molecule has 1 saturated carbocycles. The zero-order chi connectivity index (χ0) is 17.0. The highest BCUT2D eigenvalue weighted by Crippen LogP contribution is 2.25. The number of rotatable bonds is 6. The molecule has 0 aliphatic heterocycles. The molecule has 3 atom stereocenters. The average molecular weight is 323 g/mol. The summed E-state index contributed by atoms with van der Waals surface area (Å²) in [6.07, 6.45) is 2.58. The minimum Gasteiger partial charge on any atom is -0.444 e. The van der Waals surface area contributed by atoms with Gasteiger partial charge in [-0.15, -0.1) is 0 Å². The molecule has 0 spiro atoms. The summed E-state index contributed by atoms with van der Waals surface area (Å²) in [5.41, 5.74) is 0.710. The van der Waals surface area contributed by atoms with Crippen LogP contribution in [0.3, 0.4) is 0 Å². The second kappa shape index (κ2) is 7.36. The predicted octanol–water partition coefficient (Wildman–Crippen LogP) is 2.19. The normalized spacial score (nSPS) is 24.1. The fourth-order valence-corrected chi connectivity index (χ4v) is 2.78. The van der Waals surface area contributed by atoms with E-state index in [9.17, 15) is 4.79 Å². The van der Waals surface area contributed by atoms with E-state index < -0.39 is 5.60 Å². The molecule has 0 saturated heterocycles. The summed E-state index contributed by atoms with van der Waals surface area (Å²) in [5, 5.41) is 6.45. The molecule has 1 aromatic rings. The van der Waals surface area contributed by atoms with Gasteiger partial charge in [-0.25, -0.2) is 4.79 Å². The maximum Gasteiger partial charge on any atom is 0.407 e. The van der Waals surface area contributed by atoms with E-state index in [4.69, 9.17) is 9.47 Å². The lowest BCUT2D eigenvalue weighted by Gasteiger charge is -2.45. The summed E-state index contributed by atoms with van der Waals surface area (Å²) in [5.74, 6) is 0. The molecule has 0 aromatic carbocycles. The second-order valence-corrected chi connectivity index (χ2v) is 7.00. The van der Waals surface area contributed by atoms with Crippen molar-refractivity contribution in [2.24, 2.45) is 7.05 Å². The molecule has 130 valence electrons. The monoisotopic (exact) mass is 323 g/mol. The standard InChI is InChI=1S/C17H29N3O3/c1-6-22-14-10-13(19-16(21)23-17(2,3)4)15(14)18-11-12-8-7-9-20(12)5/h7-9,13-15,18H,6,10-11H2,1-5H3,(H,19,21). The van der Waals surface area contributed by atoms with Gasteiger partial charge in [-0.2, -0.15) is 0 Å². The third-order valence-corrected chi connectivity index (χ3v) is 3.97. The van der Waals surface area contributed by atoms with Crippen LogP contribution in [0.4, 0.5) is 4.79 Å². The number of nitrogens with one attached hydrogen (secondary N) is 2. The number of aryl methyl sites for hydroxylation is 1. The molecule has 6 heteroatoms. The molecule has 3 unspecified atom stereocenters. The number of carbonyl (C=O) groups is 1. The Balaban J connectivity index is 1.89. The molecule has 2 N–H and O–H groups in total. The van der Waals surface area contributed by atoms with E-state index in [0.29, 0.717) is 6.61 Å². The van der Waals surface area contributed by atoms with Gasteiger partial charge in [0, 0.05) is 32.1 Å². The van der Waals surface area contributed by atoms with Crippen LogP contribution in [0, 0.1) is 0 Å². The van der Waals surface area contributed by atoms with Crippen LogP contribution in [-0.4, -0.2) is 41.1 Å². The summed E-state index contributed by atoms with van der Waals surface area (Å²) in [6, 6.07) is 4.23. The summed E-state index contributed by atoms with van der Waals surface area (Å²) >= 11 is 0. The Bertz CT molecular complexity index is 521. The van der Waals surface area contributed by atoms with E-state index in [0.717, 1.165) is 13.0 Å². The van der Waals surface area contributed by atoms with Crippen LogP contribution < -0.4 is 10.6 Å². The van der Waals surface area contributed by atoms with Gasteiger partial charge in [-0.1, -0.05) is 0 Å². The Labute approximate surface area is 138 Å². The number of aromatic nitrogens is 1. The van der Waals surface area contributed by atoms with Gasteiger partial charge in [0.2, 0.25) is 0 Å². The fraction of sp³-hybridized carbons (Fsp3) is 0.706.